The molecule has 0 N–H and O–H groups in total. The Labute approximate surface area is 52.2 Å². The minimum Gasteiger partial charge on any atom is -0.0892 e. The number of hydrogen-bond acceptors (Lipinski definition) is 0. The molecule has 0 saturated carbocycles. The third-order valence-corrected chi connectivity index (χ3v) is 1.48. The molecular weight excluding hydrogens is 94.9 g/mol. The van der Waals surface area contributed by atoms with Crippen molar-refractivity contribution in [3.05, 3.63) is 12.2 Å². The average molecular weight is 107 g/mol. The molecule has 1 aliphatic rings. The van der Waals surface area contributed by atoms with Crippen LogP contribution in [-0.4, -0.2) is 7.28 Å². The zero-order valence-electron chi connectivity index (χ0n) is 5.27. The summed E-state index contributed by atoms with van der Waals surface area (Å²) in [6.07, 6.45) is 11.1. The SMILES string of the molecule is [B]1CCC=CCCC1. The van der Waals surface area contributed by atoms with Crippen molar-refractivity contribution < 1.29 is 0 Å². The van der Waals surface area contributed by atoms with Crippen molar-refractivity contribution >= 4 is 7.28 Å². The standard InChI is InChI=1S/C7H12B/c1-2-4-6-8-7-5-3-1/h1-2H,3-7H2. The van der Waals surface area contributed by atoms with E-state index in [2.05, 4.69) is 19.4 Å². The molecule has 0 aromatic heterocycles. The van der Waals surface area contributed by atoms with Gasteiger partial charge in [0.25, 0.3) is 0 Å². The van der Waals surface area contributed by atoms with Crippen LogP contribution < -0.4 is 0 Å². The van der Waals surface area contributed by atoms with E-state index in [1.165, 1.54) is 31.9 Å². The van der Waals surface area contributed by atoms with Crippen LogP contribution in [0, 0.1) is 0 Å². The summed E-state index contributed by atoms with van der Waals surface area (Å²) in [4.78, 5) is 0. The van der Waals surface area contributed by atoms with E-state index in [1.54, 1.807) is 0 Å². The predicted octanol–water partition coefficient (Wildman–Crippen LogP) is 2.27. The highest BCUT2D eigenvalue weighted by molar-refractivity contribution is 6.35. The Bertz CT molecular complexity index is 66.5. The molecule has 0 amide bonds. The minimum absolute atomic E-state index is 1.26. The van der Waals surface area contributed by atoms with Gasteiger partial charge in [-0.1, -0.05) is 31.2 Å². The van der Waals surface area contributed by atoms with E-state index in [4.69, 9.17) is 0 Å². The van der Waals surface area contributed by atoms with Crippen molar-refractivity contribution in [3.8, 4) is 0 Å². The first-order chi connectivity index (χ1) is 4.00. The molecule has 0 aromatic carbocycles. The second-order valence-corrected chi connectivity index (χ2v) is 2.27. The Hall–Kier alpha value is -0.195. The Kier molecular flexibility index (Phi) is 2.79. The number of rotatable bonds is 0. The zero-order valence-corrected chi connectivity index (χ0v) is 5.27. The van der Waals surface area contributed by atoms with Crippen LogP contribution >= 0.6 is 0 Å². The molecule has 0 spiro atoms. The van der Waals surface area contributed by atoms with Crippen molar-refractivity contribution in [1.82, 2.24) is 0 Å². The van der Waals surface area contributed by atoms with Gasteiger partial charge in [0.2, 0.25) is 0 Å². The van der Waals surface area contributed by atoms with Gasteiger partial charge in [0.1, 0.15) is 7.28 Å². The third-order valence-electron chi connectivity index (χ3n) is 1.48. The van der Waals surface area contributed by atoms with E-state index in [0.29, 0.717) is 0 Å². The first kappa shape index (κ1) is 5.93. The Morgan fingerprint density at radius 3 is 2.88 bits per heavy atom. The van der Waals surface area contributed by atoms with Crippen molar-refractivity contribution in [2.45, 2.75) is 31.9 Å². The van der Waals surface area contributed by atoms with E-state index >= 15 is 0 Å². The largest absolute Gasteiger partial charge is 0.109 e. The first-order valence-corrected chi connectivity index (χ1v) is 3.47. The maximum Gasteiger partial charge on any atom is 0.109 e. The molecule has 0 bridgehead atoms. The lowest BCUT2D eigenvalue weighted by Crippen LogP contribution is -1.89. The average Bonchev–Trinajstić information content (AvgIpc) is 1.62. The molecule has 1 rings (SSSR count). The van der Waals surface area contributed by atoms with Gasteiger partial charge in [-0.25, -0.2) is 0 Å². The van der Waals surface area contributed by atoms with Gasteiger partial charge in [-0.15, -0.1) is 0 Å². The van der Waals surface area contributed by atoms with Gasteiger partial charge in [0.15, 0.2) is 0 Å². The molecule has 43 valence electrons. The molecule has 1 radical (unpaired) electrons. The maximum absolute atomic E-state index is 2.39. The van der Waals surface area contributed by atoms with Gasteiger partial charge in [0.05, 0.1) is 0 Å². The summed E-state index contributed by atoms with van der Waals surface area (Å²) < 4.78 is 0. The summed E-state index contributed by atoms with van der Waals surface area (Å²) in [5.74, 6) is 0. The Morgan fingerprint density at radius 1 is 1.00 bits per heavy atom. The summed E-state index contributed by atoms with van der Waals surface area (Å²) in [6.45, 7) is 0. The van der Waals surface area contributed by atoms with Crippen LogP contribution in [0.3, 0.4) is 0 Å². The molecule has 0 unspecified atom stereocenters. The lowest BCUT2D eigenvalue weighted by Gasteiger charge is -1.98. The number of allylic oxidation sites excluding steroid dienone is 2. The van der Waals surface area contributed by atoms with E-state index in [1.807, 2.05) is 0 Å². The van der Waals surface area contributed by atoms with Crippen LogP contribution in [0.5, 0.6) is 0 Å². The lowest BCUT2D eigenvalue weighted by molar-refractivity contribution is 0.924. The van der Waals surface area contributed by atoms with Crippen LogP contribution in [0.1, 0.15) is 19.3 Å². The highest BCUT2D eigenvalue weighted by Gasteiger charge is 1.91. The second-order valence-electron chi connectivity index (χ2n) is 2.27. The topological polar surface area (TPSA) is 0 Å². The fourth-order valence-electron chi connectivity index (χ4n) is 0.974. The Morgan fingerprint density at radius 2 is 1.88 bits per heavy atom. The van der Waals surface area contributed by atoms with Gasteiger partial charge in [-0.05, 0) is 12.8 Å². The van der Waals surface area contributed by atoms with E-state index in [0.717, 1.165) is 0 Å². The summed E-state index contributed by atoms with van der Waals surface area (Å²) in [6, 6.07) is 0. The highest BCUT2D eigenvalue weighted by atomic mass is 13.8. The summed E-state index contributed by atoms with van der Waals surface area (Å²) in [7, 11) is 2.39. The fraction of sp³-hybridized carbons (Fsp3) is 0.714. The van der Waals surface area contributed by atoms with Crippen molar-refractivity contribution in [2.24, 2.45) is 0 Å². The number of hydrogen-bond donors (Lipinski definition) is 0. The van der Waals surface area contributed by atoms with E-state index < -0.39 is 0 Å². The molecule has 1 heteroatoms. The summed E-state index contributed by atoms with van der Waals surface area (Å²) in [5, 5.41) is 0. The van der Waals surface area contributed by atoms with Gasteiger partial charge in [0, 0.05) is 0 Å². The third kappa shape index (κ3) is 2.20. The highest BCUT2D eigenvalue weighted by Crippen LogP contribution is 2.05. The van der Waals surface area contributed by atoms with Crippen molar-refractivity contribution in [2.75, 3.05) is 0 Å². The Balaban J connectivity index is 2.17. The van der Waals surface area contributed by atoms with Gasteiger partial charge >= 0.3 is 0 Å². The quantitative estimate of drug-likeness (QED) is 0.329. The molecule has 0 atom stereocenters. The van der Waals surface area contributed by atoms with Crippen LogP contribution in [0.15, 0.2) is 12.2 Å². The molecule has 0 aromatic rings. The molecule has 1 heterocycles. The molecule has 0 nitrogen and oxygen atoms in total. The normalized spacial score (nSPS) is 21.0. The minimum atomic E-state index is 1.26. The van der Waals surface area contributed by atoms with Crippen molar-refractivity contribution in [1.29, 1.82) is 0 Å². The molecule has 0 saturated heterocycles. The molecule has 8 heavy (non-hydrogen) atoms. The molecule has 0 fully saturated rings. The molecular formula is C7H12B. The zero-order chi connectivity index (χ0) is 5.66. The molecule has 1 aliphatic heterocycles. The van der Waals surface area contributed by atoms with Gasteiger partial charge in [-0.3, -0.25) is 0 Å². The smallest absolute Gasteiger partial charge is 0.0892 e. The van der Waals surface area contributed by atoms with Crippen LogP contribution in [0.2, 0.25) is 12.6 Å². The summed E-state index contributed by atoms with van der Waals surface area (Å²) >= 11 is 0. The van der Waals surface area contributed by atoms with E-state index in [9.17, 15) is 0 Å². The van der Waals surface area contributed by atoms with Crippen LogP contribution in [0.25, 0.3) is 0 Å². The van der Waals surface area contributed by atoms with E-state index in [-0.39, 0.29) is 0 Å². The fourth-order valence-corrected chi connectivity index (χ4v) is 0.974. The maximum atomic E-state index is 2.39. The summed E-state index contributed by atoms with van der Waals surface area (Å²) in [5.41, 5.74) is 0. The lowest BCUT2D eigenvalue weighted by atomic mass is 9.68. The second kappa shape index (κ2) is 3.76. The monoisotopic (exact) mass is 107 g/mol. The first-order valence-electron chi connectivity index (χ1n) is 3.47. The van der Waals surface area contributed by atoms with Gasteiger partial charge in [-0.2, -0.15) is 0 Å². The van der Waals surface area contributed by atoms with Gasteiger partial charge < -0.3 is 0 Å². The molecule has 0 aliphatic carbocycles. The van der Waals surface area contributed by atoms with Crippen molar-refractivity contribution in [3.63, 3.8) is 0 Å². The predicted molar refractivity (Wildman–Crippen MR) is 38.4 cm³/mol. The van der Waals surface area contributed by atoms with Crippen LogP contribution in [-0.2, 0) is 0 Å². The van der Waals surface area contributed by atoms with Crippen LogP contribution in [0.4, 0.5) is 0 Å².